The maximum Gasteiger partial charge on any atom is 0.192 e. The molecule has 2 aromatic carbocycles. The molecule has 0 spiro atoms. The third-order valence-corrected chi connectivity index (χ3v) is 2.45. The van der Waals surface area contributed by atoms with Crippen molar-refractivity contribution in [1.29, 1.82) is 0 Å². The van der Waals surface area contributed by atoms with Crippen molar-refractivity contribution < 1.29 is 9.84 Å². The molecule has 0 aliphatic heterocycles. The summed E-state index contributed by atoms with van der Waals surface area (Å²) in [7, 11) is 1.60. The molecule has 0 heterocycles. The average molecular weight is 242 g/mol. The van der Waals surface area contributed by atoms with Crippen molar-refractivity contribution in [2.75, 3.05) is 7.11 Å². The van der Waals surface area contributed by atoms with Crippen LogP contribution in [0.4, 0.5) is 5.69 Å². The van der Waals surface area contributed by atoms with Crippen LogP contribution in [0.15, 0.2) is 64.8 Å². The zero-order chi connectivity index (χ0) is 12.8. The van der Waals surface area contributed by atoms with E-state index in [1.165, 1.54) is 0 Å². The third kappa shape index (κ3) is 3.15. The average Bonchev–Trinajstić information content (AvgIpc) is 2.46. The van der Waals surface area contributed by atoms with Gasteiger partial charge in [0.1, 0.15) is 5.75 Å². The van der Waals surface area contributed by atoms with Crippen molar-refractivity contribution in [3.8, 4) is 5.75 Å². The van der Waals surface area contributed by atoms with Crippen molar-refractivity contribution in [2.24, 2.45) is 10.2 Å². The number of aliphatic hydroxyl groups is 1. The molecule has 1 atom stereocenters. The van der Waals surface area contributed by atoms with Crippen molar-refractivity contribution in [1.82, 2.24) is 0 Å². The van der Waals surface area contributed by atoms with Gasteiger partial charge in [0.05, 0.1) is 12.8 Å². The van der Waals surface area contributed by atoms with Crippen LogP contribution in [0.3, 0.4) is 0 Å². The number of ether oxygens (including phenoxy) is 1. The predicted octanol–water partition coefficient (Wildman–Crippen LogP) is 3.47. The number of benzene rings is 2. The van der Waals surface area contributed by atoms with E-state index in [2.05, 4.69) is 10.2 Å². The Balaban J connectivity index is 2.07. The molecule has 4 heteroatoms. The van der Waals surface area contributed by atoms with Gasteiger partial charge in [-0.05, 0) is 24.3 Å². The molecule has 2 rings (SSSR count). The fourth-order valence-corrected chi connectivity index (χ4v) is 1.46. The lowest BCUT2D eigenvalue weighted by atomic mass is 10.2. The second-order valence-corrected chi connectivity index (χ2v) is 3.70. The summed E-state index contributed by atoms with van der Waals surface area (Å²) in [6.07, 6.45) is -0.962. The molecule has 0 aromatic heterocycles. The minimum atomic E-state index is -0.962. The van der Waals surface area contributed by atoms with Crippen LogP contribution in [0.1, 0.15) is 11.8 Å². The van der Waals surface area contributed by atoms with Crippen molar-refractivity contribution in [2.45, 2.75) is 6.23 Å². The van der Waals surface area contributed by atoms with E-state index in [1.54, 1.807) is 31.4 Å². The van der Waals surface area contributed by atoms with E-state index < -0.39 is 6.23 Å². The number of hydrogen-bond donors (Lipinski definition) is 1. The van der Waals surface area contributed by atoms with Gasteiger partial charge in [-0.15, -0.1) is 0 Å². The molecule has 0 aliphatic carbocycles. The fourth-order valence-electron chi connectivity index (χ4n) is 1.46. The first-order chi connectivity index (χ1) is 8.79. The zero-order valence-corrected chi connectivity index (χ0v) is 10.0. The topological polar surface area (TPSA) is 54.2 Å². The highest BCUT2D eigenvalue weighted by Crippen LogP contribution is 2.20. The van der Waals surface area contributed by atoms with Gasteiger partial charge in [-0.25, -0.2) is 0 Å². The molecule has 0 amide bonds. The monoisotopic (exact) mass is 242 g/mol. The smallest absolute Gasteiger partial charge is 0.192 e. The van der Waals surface area contributed by atoms with Crippen LogP contribution in [0.25, 0.3) is 0 Å². The van der Waals surface area contributed by atoms with Crippen LogP contribution < -0.4 is 4.74 Å². The summed E-state index contributed by atoms with van der Waals surface area (Å²) in [4.78, 5) is 0. The number of methoxy groups -OCH3 is 1. The number of aliphatic hydroxyl groups excluding tert-OH is 1. The van der Waals surface area contributed by atoms with Gasteiger partial charge < -0.3 is 9.84 Å². The number of rotatable bonds is 4. The first-order valence-corrected chi connectivity index (χ1v) is 5.57. The normalized spacial score (nSPS) is 12.6. The predicted molar refractivity (Wildman–Crippen MR) is 68.9 cm³/mol. The van der Waals surface area contributed by atoms with Gasteiger partial charge in [0.2, 0.25) is 0 Å². The Hall–Kier alpha value is -2.20. The van der Waals surface area contributed by atoms with Crippen molar-refractivity contribution >= 4 is 5.69 Å². The molecule has 18 heavy (non-hydrogen) atoms. The number of azo groups is 1. The minimum Gasteiger partial charge on any atom is -0.497 e. The largest absolute Gasteiger partial charge is 0.497 e. The molecule has 4 nitrogen and oxygen atoms in total. The van der Waals surface area contributed by atoms with E-state index in [-0.39, 0.29) is 0 Å². The molecule has 0 fully saturated rings. The number of hydrogen-bond acceptors (Lipinski definition) is 4. The molecule has 1 unspecified atom stereocenters. The Morgan fingerprint density at radius 2 is 1.67 bits per heavy atom. The molecule has 0 saturated carbocycles. The maximum atomic E-state index is 9.84. The lowest BCUT2D eigenvalue weighted by Gasteiger charge is -2.05. The Kier molecular flexibility index (Phi) is 4.04. The maximum absolute atomic E-state index is 9.84. The summed E-state index contributed by atoms with van der Waals surface area (Å²) in [5.74, 6) is 0.742. The van der Waals surface area contributed by atoms with Gasteiger partial charge in [-0.1, -0.05) is 30.3 Å². The van der Waals surface area contributed by atoms with Gasteiger partial charge in [0, 0.05) is 5.56 Å². The van der Waals surface area contributed by atoms with Crippen LogP contribution in [0, 0.1) is 0 Å². The van der Waals surface area contributed by atoms with Crippen LogP contribution in [0.5, 0.6) is 5.75 Å². The molecule has 2 aromatic rings. The van der Waals surface area contributed by atoms with Crippen LogP contribution in [0.2, 0.25) is 0 Å². The van der Waals surface area contributed by atoms with Crippen LogP contribution in [-0.2, 0) is 0 Å². The molecule has 0 radical (unpaired) electrons. The van der Waals surface area contributed by atoms with Gasteiger partial charge in [0.15, 0.2) is 6.23 Å². The molecule has 1 N–H and O–H groups in total. The summed E-state index contributed by atoms with van der Waals surface area (Å²) in [6.45, 7) is 0. The van der Waals surface area contributed by atoms with E-state index in [1.807, 2.05) is 30.3 Å². The lowest BCUT2D eigenvalue weighted by Crippen LogP contribution is -1.92. The SMILES string of the molecule is COc1ccc(C(O)N=Nc2ccccc2)cc1. The second-order valence-electron chi connectivity index (χ2n) is 3.70. The van der Waals surface area contributed by atoms with E-state index in [0.29, 0.717) is 11.3 Å². The highest BCUT2D eigenvalue weighted by atomic mass is 16.5. The standard InChI is InChI=1S/C14H14N2O2/c1-18-13-9-7-11(8-10-13)14(17)16-15-12-5-3-2-4-6-12/h2-10,14,17H,1H3. The second kappa shape index (κ2) is 5.93. The molecule has 0 saturated heterocycles. The minimum absolute atomic E-state index is 0.676. The van der Waals surface area contributed by atoms with E-state index in [9.17, 15) is 5.11 Å². The molecular formula is C14H14N2O2. The first-order valence-electron chi connectivity index (χ1n) is 5.57. The summed E-state index contributed by atoms with van der Waals surface area (Å²) in [5.41, 5.74) is 1.39. The van der Waals surface area contributed by atoms with Gasteiger partial charge in [0.25, 0.3) is 0 Å². The van der Waals surface area contributed by atoms with Gasteiger partial charge >= 0.3 is 0 Å². The van der Waals surface area contributed by atoms with Gasteiger partial charge in [-0.3, -0.25) is 0 Å². The first kappa shape index (κ1) is 12.3. The highest BCUT2D eigenvalue weighted by Gasteiger charge is 2.05. The summed E-state index contributed by atoms with van der Waals surface area (Å²) in [5, 5.41) is 17.7. The van der Waals surface area contributed by atoms with Crippen molar-refractivity contribution in [3.63, 3.8) is 0 Å². The summed E-state index contributed by atoms with van der Waals surface area (Å²) < 4.78 is 5.04. The van der Waals surface area contributed by atoms with Gasteiger partial charge in [-0.2, -0.15) is 10.2 Å². The summed E-state index contributed by atoms with van der Waals surface area (Å²) in [6, 6.07) is 16.4. The Morgan fingerprint density at radius 3 is 2.28 bits per heavy atom. The third-order valence-electron chi connectivity index (χ3n) is 2.45. The summed E-state index contributed by atoms with van der Waals surface area (Å²) >= 11 is 0. The molecule has 92 valence electrons. The van der Waals surface area contributed by atoms with Crippen molar-refractivity contribution in [3.05, 3.63) is 60.2 Å². The molecule has 0 bridgehead atoms. The Labute approximate surface area is 106 Å². The molecular weight excluding hydrogens is 228 g/mol. The lowest BCUT2D eigenvalue weighted by molar-refractivity contribution is 0.180. The molecule has 0 aliphatic rings. The van der Waals surface area contributed by atoms with E-state index >= 15 is 0 Å². The Morgan fingerprint density at radius 1 is 1.00 bits per heavy atom. The Bertz CT molecular complexity index is 509. The van der Waals surface area contributed by atoms with Crippen LogP contribution >= 0.6 is 0 Å². The highest BCUT2D eigenvalue weighted by molar-refractivity contribution is 5.35. The van der Waals surface area contributed by atoms with E-state index in [0.717, 1.165) is 5.75 Å². The number of nitrogens with zero attached hydrogens (tertiary/aromatic N) is 2. The van der Waals surface area contributed by atoms with E-state index in [4.69, 9.17) is 4.74 Å². The quantitative estimate of drug-likeness (QED) is 0.834. The van der Waals surface area contributed by atoms with Crippen LogP contribution in [-0.4, -0.2) is 12.2 Å². The zero-order valence-electron chi connectivity index (χ0n) is 10.0. The fraction of sp³-hybridized carbons (Fsp3) is 0.143.